The first-order valence-electron chi connectivity index (χ1n) is 10.1. The van der Waals surface area contributed by atoms with E-state index in [1.807, 2.05) is 24.5 Å². The Balaban J connectivity index is 0.000000168. The van der Waals surface area contributed by atoms with E-state index in [-0.39, 0.29) is 12.4 Å². The maximum Gasteiger partial charge on any atom is 0.0490 e. The fourth-order valence-electron chi connectivity index (χ4n) is 4.31. The second-order valence-electron chi connectivity index (χ2n) is 7.51. The summed E-state index contributed by atoms with van der Waals surface area (Å²) in [5, 5.41) is 8.30. The van der Waals surface area contributed by atoms with Crippen LogP contribution in [0.1, 0.15) is 24.0 Å². The molecule has 0 saturated heterocycles. The summed E-state index contributed by atoms with van der Waals surface area (Å²) in [6, 6.07) is 19.1. The largest absolute Gasteiger partial charge is 0.264 e. The molecule has 5 aromatic rings. The van der Waals surface area contributed by atoms with E-state index < -0.39 is 0 Å². The number of halogens is 2. The van der Waals surface area contributed by atoms with Gasteiger partial charge in [0.15, 0.2) is 0 Å². The molecule has 2 nitrogen and oxygen atoms in total. The van der Waals surface area contributed by atoms with Crippen molar-refractivity contribution in [1.29, 1.82) is 0 Å². The molecule has 150 valence electrons. The summed E-state index contributed by atoms with van der Waals surface area (Å²) in [5.41, 5.74) is 3.04. The lowest BCUT2D eigenvalue weighted by molar-refractivity contribution is 0.690. The zero-order chi connectivity index (χ0) is 19.6. The summed E-state index contributed by atoms with van der Waals surface area (Å²) < 4.78 is 0. The van der Waals surface area contributed by atoms with Crippen molar-refractivity contribution in [3.8, 4) is 0 Å². The molecule has 0 N–H and O–H groups in total. The van der Waals surface area contributed by atoms with Crippen LogP contribution in [0.25, 0.3) is 32.3 Å². The Morgan fingerprint density at radius 3 is 2.07 bits per heavy atom. The van der Waals surface area contributed by atoms with E-state index >= 15 is 0 Å². The van der Waals surface area contributed by atoms with Crippen molar-refractivity contribution in [3.05, 3.63) is 95.5 Å². The van der Waals surface area contributed by atoms with E-state index in [0.717, 1.165) is 15.8 Å². The summed E-state index contributed by atoms with van der Waals surface area (Å²) in [7, 11) is 0. The Kier molecular flexibility index (Phi) is 6.17. The van der Waals surface area contributed by atoms with Crippen LogP contribution in [0.3, 0.4) is 0 Å². The predicted octanol–water partition coefficient (Wildman–Crippen LogP) is 7.58. The number of rotatable bonds is 0. The van der Waals surface area contributed by atoms with Crippen molar-refractivity contribution in [2.75, 3.05) is 0 Å². The number of pyridine rings is 2. The van der Waals surface area contributed by atoms with Crippen molar-refractivity contribution in [3.63, 3.8) is 0 Å². The van der Waals surface area contributed by atoms with E-state index in [1.54, 1.807) is 12.4 Å². The minimum Gasteiger partial charge on any atom is -0.264 e. The summed E-state index contributed by atoms with van der Waals surface area (Å²) in [6.45, 7) is 0. The van der Waals surface area contributed by atoms with Gasteiger partial charge in [0.1, 0.15) is 0 Å². The molecule has 4 heteroatoms. The zero-order valence-electron chi connectivity index (χ0n) is 16.5. The zero-order valence-corrected chi connectivity index (χ0v) is 18.1. The maximum absolute atomic E-state index is 6.48. The van der Waals surface area contributed by atoms with E-state index in [0.29, 0.717) is 0 Å². The van der Waals surface area contributed by atoms with Gasteiger partial charge in [-0.15, -0.1) is 12.4 Å². The number of nitrogens with zero attached hydrogens (tertiary/aromatic N) is 2. The van der Waals surface area contributed by atoms with Crippen LogP contribution in [0.4, 0.5) is 0 Å². The highest BCUT2D eigenvalue weighted by atomic mass is 35.5. The second-order valence-corrected chi connectivity index (χ2v) is 7.92. The molecule has 0 spiro atoms. The fraction of sp³-hybridized carbons (Fsp3) is 0.154. The molecule has 1 aliphatic rings. The van der Waals surface area contributed by atoms with Gasteiger partial charge in [-0.1, -0.05) is 48.0 Å². The Morgan fingerprint density at radius 2 is 1.33 bits per heavy atom. The van der Waals surface area contributed by atoms with E-state index in [2.05, 4.69) is 52.4 Å². The Morgan fingerprint density at radius 1 is 0.667 bits per heavy atom. The van der Waals surface area contributed by atoms with Gasteiger partial charge in [-0.25, -0.2) is 0 Å². The average molecular weight is 433 g/mol. The lowest BCUT2D eigenvalue weighted by Crippen LogP contribution is -2.03. The molecule has 0 saturated carbocycles. The molecular weight excluding hydrogens is 411 g/mol. The smallest absolute Gasteiger partial charge is 0.0490 e. The minimum atomic E-state index is 0. The molecule has 2 aromatic heterocycles. The van der Waals surface area contributed by atoms with E-state index in [1.165, 1.54) is 58.4 Å². The highest BCUT2D eigenvalue weighted by Gasteiger charge is 2.14. The molecule has 0 atom stereocenters. The van der Waals surface area contributed by atoms with Crippen LogP contribution < -0.4 is 0 Å². The number of aromatic nitrogens is 2. The summed E-state index contributed by atoms with van der Waals surface area (Å²) in [5.74, 6) is 0. The van der Waals surface area contributed by atoms with Gasteiger partial charge in [0.05, 0.1) is 0 Å². The van der Waals surface area contributed by atoms with Crippen molar-refractivity contribution >= 4 is 56.3 Å². The monoisotopic (exact) mass is 432 g/mol. The number of aryl methyl sites for hydroxylation is 2. The molecule has 0 fully saturated rings. The Labute approximate surface area is 187 Å². The second kappa shape index (κ2) is 8.99. The standard InChI is InChI=1S/C18H15Cl.C8H6N2.ClH/c19-18-11-17-13-6-2-1-5-12(13)9-10-15(17)14-7-3-4-8-16(14)18;1-3-9-5-8-6-10-4-2-7(1)8;/h3-4,7-11H,1-2,5-6H2;1-6H;1H. The van der Waals surface area contributed by atoms with Crippen LogP contribution in [-0.2, 0) is 12.8 Å². The molecule has 6 rings (SSSR count). The van der Waals surface area contributed by atoms with Gasteiger partial charge in [0.25, 0.3) is 0 Å². The topological polar surface area (TPSA) is 25.8 Å². The molecular formula is C26H22Cl2N2. The minimum absolute atomic E-state index is 0. The Bertz CT molecular complexity index is 1270. The predicted molar refractivity (Wildman–Crippen MR) is 130 cm³/mol. The first-order valence-corrected chi connectivity index (χ1v) is 10.4. The number of fused-ring (bicyclic) bond motifs is 6. The van der Waals surface area contributed by atoms with Crippen LogP contribution in [-0.4, -0.2) is 9.97 Å². The van der Waals surface area contributed by atoms with Crippen LogP contribution in [0.5, 0.6) is 0 Å². The number of benzene rings is 3. The Hall–Kier alpha value is -2.68. The van der Waals surface area contributed by atoms with Crippen LogP contribution in [0.15, 0.2) is 79.4 Å². The normalized spacial score (nSPS) is 12.7. The van der Waals surface area contributed by atoms with Crippen molar-refractivity contribution in [1.82, 2.24) is 9.97 Å². The molecule has 2 heterocycles. The van der Waals surface area contributed by atoms with Crippen molar-refractivity contribution in [2.45, 2.75) is 25.7 Å². The average Bonchev–Trinajstić information content (AvgIpc) is 2.80. The summed E-state index contributed by atoms with van der Waals surface area (Å²) in [4.78, 5) is 7.95. The molecule has 30 heavy (non-hydrogen) atoms. The molecule has 0 radical (unpaired) electrons. The maximum atomic E-state index is 6.48. The molecule has 1 aliphatic carbocycles. The first kappa shape index (κ1) is 20.6. The third-order valence-corrected chi connectivity index (χ3v) is 6.08. The summed E-state index contributed by atoms with van der Waals surface area (Å²) >= 11 is 6.48. The van der Waals surface area contributed by atoms with Gasteiger partial charge < -0.3 is 0 Å². The van der Waals surface area contributed by atoms with Gasteiger partial charge >= 0.3 is 0 Å². The SMILES string of the molecule is Cl.Clc1cc2c3c(ccc2c2ccccc12)CCCC3.c1cc2ccncc2cn1. The third kappa shape index (κ3) is 3.86. The number of hydrogen-bond acceptors (Lipinski definition) is 2. The lowest BCUT2D eigenvalue weighted by atomic mass is 9.86. The molecule has 0 amide bonds. The quantitative estimate of drug-likeness (QED) is 0.235. The van der Waals surface area contributed by atoms with Crippen LogP contribution in [0.2, 0.25) is 5.02 Å². The highest BCUT2D eigenvalue weighted by Crippen LogP contribution is 2.36. The van der Waals surface area contributed by atoms with E-state index in [4.69, 9.17) is 11.6 Å². The van der Waals surface area contributed by atoms with Gasteiger partial charge in [0, 0.05) is 40.6 Å². The fourth-order valence-corrected chi connectivity index (χ4v) is 4.58. The van der Waals surface area contributed by atoms with E-state index in [9.17, 15) is 0 Å². The van der Waals surface area contributed by atoms with Crippen LogP contribution >= 0.6 is 24.0 Å². The molecule has 0 bridgehead atoms. The van der Waals surface area contributed by atoms with Gasteiger partial charge in [-0.05, 0) is 76.6 Å². The van der Waals surface area contributed by atoms with Crippen molar-refractivity contribution in [2.24, 2.45) is 0 Å². The molecule has 3 aromatic carbocycles. The summed E-state index contributed by atoms with van der Waals surface area (Å²) in [6.07, 6.45) is 12.2. The van der Waals surface area contributed by atoms with Crippen LogP contribution in [0, 0.1) is 0 Å². The van der Waals surface area contributed by atoms with Gasteiger partial charge in [0.2, 0.25) is 0 Å². The molecule has 0 aliphatic heterocycles. The highest BCUT2D eigenvalue weighted by molar-refractivity contribution is 6.37. The lowest BCUT2D eigenvalue weighted by Gasteiger charge is -2.19. The molecule has 0 unspecified atom stereocenters. The van der Waals surface area contributed by atoms with Gasteiger partial charge in [-0.2, -0.15) is 0 Å². The third-order valence-electron chi connectivity index (χ3n) is 5.76. The van der Waals surface area contributed by atoms with Crippen molar-refractivity contribution < 1.29 is 0 Å². The first-order chi connectivity index (χ1) is 14.3. The number of hydrogen-bond donors (Lipinski definition) is 0. The van der Waals surface area contributed by atoms with Gasteiger partial charge in [-0.3, -0.25) is 9.97 Å².